The second kappa shape index (κ2) is 7.62. The minimum Gasteiger partial charge on any atom is -0.348 e. The lowest BCUT2D eigenvalue weighted by Crippen LogP contribution is -2.35. The van der Waals surface area contributed by atoms with E-state index >= 15 is 0 Å². The summed E-state index contributed by atoms with van der Waals surface area (Å²) in [6, 6.07) is 5.28. The lowest BCUT2D eigenvalue weighted by atomic mass is 10.1. The molecule has 0 aliphatic heterocycles. The monoisotopic (exact) mass is 288 g/mol. The number of carbonyl (C=O) groups is 1. The standard InChI is InChI=1S/C13H18Cl2N2O/c1-3-6-16-8-13(18)17-9(2)10-4-5-11(14)12(15)7-10/h4-5,7,9,16H,3,6,8H2,1-2H3,(H,17,18). The number of rotatable bonds is 6. The maximum atomic E-state index is 11.6. The zero-order chi connectivity index (χ0) is 13.5. The van der Waals surface area contributed by atoms with Crippen molar-refractivity contribution in [2.24, 2.45) is 0 Å². The van der Waals surface area contributed by atoms with E-state index in [0.29, 0.717) is 16.6 Å². The lowest BCUT2D eigenvalue weighted by molar-refractivity contribution is -0.120. The van der Waals surface area contributed by atoms with Gasteiger partial charge in [-0.25, -0.2) is 0 Å². The molecule has 18 heavy (non-hydrogen) atoms. The summed E-state index contributed by atoms with van der Waals surface area (Å²) in [6.45, 7) is 5.15. The summed E-state index contributed by atoms with van der Waals surface area (Å²) in [6.07, 6.45) is 1.01. The SMILES string of the molecule is CCCNCC(=O)NC(C)c1ccc(Cl)c(Cl)c1. The third-order valence-corrected chi connectivity index (χ3v) is 3.27. The molecule has 0 aromatic heterocycles. The number of hydrogen-bond acceptors (Lipinski definition) is 2. The van der Waals surface area contributed by atoms with Gasteiger partial charge in [0, 0.05) is 0 Å². The predicted molar refractivity (Wildman–Crippen MR) is 76.2 cm³/mol. The fraction of sp³-hybridized carbons (Fsp3) is 0.462. The number of nitrogens with one attached hydrogen (secondary N) is 2. The zero-order valence-corrected chi connectivity index (χ0v) is 12.1. The lowest BCUT2D eigenvalue weighted by Gasteiger charge is -2.15. The van der Waals surface area contributed by atoms with E-state index in [9.17, 15) is 4.79 Å². The molecular weight excluding hydrogens is 271 g/mol. The van der Waals surface area contributed by atoms with Gasteiger partial charge in [0.25, 0.3) is 0 Å². The van der Waals surface area contributed by atoms with Crippen LogP contribution in [-0.4, -0.2) is 19.0 Å². The van der Waals surface area contributed by atoms with Crippen molar-refractivity contribution in [2.45, 2.75) is 26.3 Å². The van der Waals surface area contributed by atoms with Gasteiger partial charge >= 0.3 is 0 Å². The van der Waals surface area contributed by atoms with Crippen molar-refractivity contribution in [1.29, 1.82) is 0 Å². The Kier molecular flexibility index (Phi) is 6.47. The van der Waals surface area contributed by atoms with Crippen LogP contribution in [0.4, 0.5) is 0 Å². The Morgan fingerprint density at radius 1 is 1.33 bits per heavy atom. The van der Waals surface area contributed by atoms with Crippen molar-refractivity contribution >= 4 is 29.1 Å². The molecule has 0 spiro atoms. The van der Waals surface area contributed by atoms with Gasteiger partial charge in [0.15, 0.2) is 0 Å². The molecule has 0 radical (unpaired) electrons. The van der Waals surface area contributed by atoms with Gasteiger partial charge in [-0.1, -0.05) is 36.2 Å². The van der Waals surface area contributed by atoms with E-state index in [1.54, 1.807) is 12.1 Å². The number of benzene rings is 1. The van der Waals surface area contributed by atoms with E-state index in [-0.39, 0.29) is 11.9 Å². The molecule has 1 atom stereocenters. The zero-order valence-electron chi connectivity index (χ0n) is 10.6. The summed E-state index contributed by atoms with van der Waals surface area (Å²) >= 11 is 11.8. The van der Waals surface area contributed by atoms with Crippen LogP contribution in [0.2, 0.25) is 10.0 Å². The molecule has 0 saturated heterocycles. The molecule has 1 aromatic carbocycles. The molecule has 100 valence electrons. The Bertz CT molecular complexity index is 410. The molecule has 3 nitrogen and oxygen atoms in total. The third-order valence-electron chi connectivity index (χ3n) is 2.53. The number of halogens is 2. The first kappa shape index (κ1) is 15.3. The summed E-state index contributed by atoms with van der Waals surface area (Å²) in [5.74, 6) is -0.0259. The van der Waals surface area contributed by atoms with E-state index in [4.69, 9.17) is 23.2 Å². The second-order valence-electron chi connectivity index (χ2n) is 4.14. The van der Waals surface area contributed by atoms with Crippen LogP contribution in [0.5, 0.6) is 0 Å². The van der Waals surface area contributed by atoms with Crippen LogP contribution in [0.1, 0.15) is 31.9 Å². The Hall–Kier alpha value is -0.770. The third kappa shape index (κ3) is 4.84. The molecule has 0 heterocycles. The maximum absolute atomic E-state index is 11.6. The van der Waals surface area contributed by atoms with Gasteiger partial charge in [-0.2, -0.15) is 0 Å². The van der Waals surface area contributed by atoms with Crippen LogP contribution in [0, 0.1) is 0 Å². The summed E-state index contributed by atoms with van der Waals surface area (Å²) in [5, 5.41) is 6.97. The Labute approximate surface area is 118 Å². The average Bonchev–Trinajstić information content (AvgIpc) is 2.33. The number of amides is 1. The van der Waals surface area contributed by atoms with E-state index in [1.807, 2.05) is 13.0 Å². The molecule has 0 aliphatic rings. The average molecular weight is 289 g/mol. The fourth-order valence-corrected chi connectivity index (χ4v) is 1.84. The smallest absolute Gasteiger partial charge is 0.234 e. The minimum absolute atomic E-state index is 0.0259. The highest BCUT2D eigenvalue weighted by Gasteiger charge is 2.10. The fourth-order valence-electron chi connectivity index (χ4n) is 1.54. The molecule has 1 aromatic rings. The Balaban J connectivity index is 2.51. The normalized spacial score (nSPS) is 12.2. The summed E-state index contributed by atoms with van der Waals surface area (Å²) in [5.41, 5.74) is 0.938. The van der Waals surface area contributed by atoms with E-state index in [2.05, 4.69) is 17.6 Å². The molecule has 2 N–H and O–H groups in total. The maximum Gasteiger partial charge on any atom is 0.234 e. The predicted octanol–water partition coefficient (Wildman–Crippen LogP) is 3.17. The van der Waals surface area contributed by atoms with E-state index in [1.165, 1.54) is 0 Å². The highest BCUT2D eigenvalue weighted by atomic mass is 35.5. The molecule has 1 rings (SSSR count). The minimum atomic E-state index is -0.0873. The first-order chi connectivity index (χ1) is 8.54. The highest BCUT2D eigenvalue weighted by molar-refractivity contribution is 6.42. The van der Waals surface area contributed by atoms with Gasteiger partial charge < -0.3 is 10.6 Å². The molecule has 0 fully saturated rings. The number of carbonyl (C=O) groups excluding carboxylic acids is 1. The molecule has 1 amide bonds. The van der Waals surface area contributed by atoms with Crippen LogP contribution < -0.4 is 10.6 Å². The molecular formula is C13H18Cl2N2O. The molecule has 5 heteroatoms. The van der Waals surface area contributed by atoms with Crippen molar-refractivity contribution in [3.8, 4) is 0 Å². The van der Waals surface area contributed by atoms with Gasteiger partial charge in [0.1, 0.15) is 0 Å². The molecule has 0 aliphatic carbocycles. The van der Waals surface area contributed by atoms with Crippen LogP contribution in [0.15, 0.2) is 18.2 Å². The van der Waals surface area contributed by atoms with Crippen molar-refractivity contribution < 1.29 is 4.79 Å². The topological polar surface area (TPSA) is 41.1 Å². The largest absolute Gasteiger partial charge is 0.348 e. The Morgan fingerprint density at radius 2 is 2.06 bits per heavy atom. The Morgan fingerprint density at radius 3 is 2.67 bits per heavy atom. The van der Waals surface area contributed by atoms with E-state index in [0.717, 1.165) is 18.5 Å². The summed E-state index contributed by atoms with van der Waals surface area (Å²) in [7, 11) is 0. The highest BCUT2D eigenvalue weighted by Crippen LogP contribution is 2.25. The van der Waals surface area contributed by atoms with Crippen molar-refractivity contribution in [1.82, 2.24) is 10.6 Å². The first-order valence-electron chi connectivity index (χ1n) is 5.99. The van der Waals surface area contributed by atoms with Crippen molar-refractivity contribution in [3.05, 3.63) is 33.8 Å². The number of hydrogen-bond donors (Lipinski definition) is 2. The molecule has 0 saturated carbocycles. The van der Waals surface area contributed by atoms with Crippen molar-refractivity contribution in [2.75, 3.05) is 13.1 Å². The first-order valence-corrected chi connectivity index (χ1v) is 6.75. The van der Waals surface area contributed by atoms with Crippen LogP contribution in [0.25, 0.3) is 0 Å². The summed E-state index contributed by atoms with van der Waals surface area (Å²) < 4.78 is 0. The van der Waals surface area contributed by atoms with Gasteiger partial charge in [0.2, 0.25) is 5.91 Å². The quantitative estimate of drug-likeness (QED) is 0.790. The van der Waals surface area contributed by atoms with Gasteiger partial charge in [-0.15, -0.1) is 0 Å². The van der Waals surface area contributed by atoms with E-state index < -0.39 is 0 Å². The van der Waals surface area contributed by atoms with Crippen LogP contribution in [0.3, 0.4) is 0 Å². The van der Waals surface area contributed by atoms with Crippen LogP contribution in [-0.2, 0) is 4.79 Å². The van der Waals surface area contributed by atoms with Crippen molar-refractivity contribution in [3.63, 3.8) is 0 Å². The van der Waals surface area contributed by atoms with Gasteiger partial charge in [0.05, 0.1) is 22.6 Å². The molecule has 1 unspecified atom stereocenters. The molecule has 0 bridgehead atoms. The second-order valence-corrected chi connectivity index (χ2v) is 4.95. The van der Waals surface area contributed by atoms with Crippen LogP contribution >= 0.6 is 23.2 Å². The summed E-state index contributed by atoms with van der Waals surface area (Å²) in [4.78, 5) is 11.6. The van der Waals surface area contributed by atoms with Gasteiger partial charge in [-0.3, -0.25) is 4.79 Å². The van der Waals surface area contributed by atoms with Gasteiger partial charge in [-0.05, 0) is 37.6 Å².